The monoisotopic (exact) mass is 357 g/mol. The number of benzene rings is 1. The lowest BCUT2D eigenvalue weighted by Crippen LogP contribution is -2.33. The smallest absolute Gasteiger partial charge is 0.243 e. The van der Waals surface area contributed by atoms with Gasteiger partial charge in [-0.05, 0) is 31.2 Å². The van der Waals surface area contributed by atoms with Gasteiger partial charge in [0.05, 0.1) is 30.6 Å². The molecule has 6 nitrogen and oxygen atoms in total. The van der Waals surface area contributed by atoms with Crippen LogP contribution < -0.4 is 4.74 Å². The highest BCUT2D eigenvalue weighted by molar-refractivity contribution is 7.89. The molecule has 0 amide bonds. The molecule has 0 saturated heterocycles. The van der Waals surface area contributed by atoms with Crippen molar-refractivity contribution in [2.24, 2.45) is 0 Å². The lowest BCUT2D eigenvalue weighted by atomic mass is 10.3. The SMILES string of the molecule is CCOc1ccc(S(=O)(=O)N(CCOC)Cc2ccoc2)cc1F. The molecule has 0 fully saturated rings. The van der Waals surface area contributed by atoms with E-state index < -0.39 is 15.8 Å². The van der Waals surface area contributed by atoms with Crippen molar-refractivity contribution in [2.45, 2.75) is 18.4 Å². The summed E-state index contributed by atoms with van der Waals surface area (Å²) in [7, 11) is -2.40. The molecular weight excluding hydrogens is 337 g/mol. The molecule has 0 aliphatic carbocycles. The Kier molecular flexibility index (Phi) is 6.36. The maximum Gasteiger partial charge on any atom is 0.243 e. The quantitative estimate of drug-likeness (QED) is 0.690. The molecular formula is C16H20FNO5S. The number of hydrogen-bond donors (Lipinski definition) is 0. The van der Waals surface area contributed by atoms with Crippen LogP contribution in [0.25, 0.3) is 0 Å². The summed E-state index contributed by atoms with van der Waals surface area (Å²) in [6.07, 6.45) is 2.93. The number of ether oxygens (including phenoxy) is 2. The van der Waals surface area contributed by atoms with E-state index in [0.717, 1.165) is 6.07 Å². The van der Waals surface area contributed by atoms with Crippen molar-refractivity contribution in [3.8, 4) is 5.75 Å². The van der Waals surface area contributed by atoms with Crippen molar-refractivity contribution < 1.29 is 26.7 Å². The highest BCUT2D eigenvalue weighted by Crippen LogP contribution is 2.24. The van der Waals surface area contributed by atoms with E-state index in [4.69, 9.17) is 13.9 Å². The first kappa shape index (κ1) is 18.4. The second-order valence-corrected chi connectivity index (χ2v) is 6.93. The van der Waals surface area contributed by atoms with Crippen molar-refractivity contribution in [3.63, 3.8) is 0 Å². The van der Waals surface area contributed by atoms with Crippen LogP contribution in [0.1, 0.15) is 12.5 Å². The Morgan fingerprint density at radius 2 is 2.08 bits per heavy atom. The van der Waals surface area contributed by atoms with Gasteiger partial charge < -0.3 is 13.9 Å². The molecule has 0 unspecified atom stereocenters. The van der Waals surface area contributed by atoms with Crippen LogP contribution in [-0.2, 0) is 21.3 Å². The van der Waals surface area contributed by atoms with E-state index in [0.29, 0.717) is 12.2 Å². The van der Waals surface area contributed by atoms with E-state index in [1.54, 1.807) is 13.0 Å². The van der Waals surface area contributed by atoms with E-state index in [1.807, 2.05) is 0 Å². The summed E-state index contributed by atoms with van der Waals surface area (Å²) < 4.78 is 55.9. The fourth-order valence-corrected chi connectivity index (χ4v) is 3.55. The Morgan fingerprint density at radius 3 is 2.67 bits per heavy atom. The summed E-state index contributed by atoms with van der Waals surface area (Å²) >= 11 is 0. The minimum atomic E-state index is -3.89. The largest absolute Gasteiger partial charge is 0.491 e. The zero-order valence-corrected chi connectivity index (χ0v) is 14.4. The third-order valence-corrected chi connectivity index (χ3v) is 5.17. The number of methoxy groups -OCH3 is 1. The van der Waals surface area contributed by atoms with Crippen LogP contribution in [0.2, 0.25) is 0 Å². The Labute approximate surface area is 140 Å². The van der Waals surface area contributed by atoms with Gasteiger partial charge in [-0.2, -0.15) is 4.31 Å². The molecule has 8 heteroatoms. The van der Waals surface area contributed by atoms with E-state index >= 15 is 0 Å². The number of hydrogen-bond acceptors (Lipinski definition) is 5. The molecule has 1 aromatic carbocycles. The number of nitrogens with zero attached hydrogens (tertiary/aromatic N) is 1. The molecule has 0 aliphatic rings. The first-order valence-corrected chi connectivity index (χ1v) is 8.85. The second kappa shape index (κ2) is 8.27. The zero-order chi connectivity index (χ0) is 17.6. The molecule has 2 aromatic rings. The second-order valence-electron chi connectivity index (χ2n) is 4.99. The van der Waals surface area contributed by atoms with Gasteiger partial charge in [-0.15, -0.1) is 0 Å². The molecule has 0 saturated carbocycles. The number of sulfonamides is 1. The van der Waals surface area contributed by atoms with Crippen molar-refractivity contribution in [3.05, 3.63) is 48.2 Å². The van der Waals surface area contributed by atoms with Crippen LogP contribution >= 0.6 is 0 Å². The molecule has 132 valence electrons. The summed E-state index contributed by atoms with van der Waals surface area (Å²) in [4.78, 5) is -0.136. The van der Waals surface area contributed by atoms with Gasteiger partial charge in [0, 0.05) is 25.8 Å². The van der Waals surface area contributed by atoms with Crippen LogP contribution in [0.5, 0.6) is 5.75 Å². The molecule has 0 atom stereocenters. The predicted molar refractivity (Wildman–Crippen MR) is 85.7 cm³/mol. The third-order valence-electron chi connectivity index (χ3n) is 3.32. The van der Waals surface area contributed by atoms with E-state index in [1.165, 1.54) is 36.1 Å². The molecule has 1 heterocycles. The van der Waals surface area contributed by atoms with Crippen molar-refractivity contribution in [1.29, 1.82) is 0 Å². The predicted octanol–water partition coefficient (Wildman–Crippen LogP) is 2.65. The van der Waals surface area contributed by atoms with Crippen LogP contribution in [0, 0.1) is 5.82 Å². The summed E-state index contributed by atoms with van der Waals surface area (Å²) in [5.74, 6) is -0.692. The first-order valence-electron chi connectivity index (χ1n) is 7.41. The molecule has 0 spiro atoms. The minimum Gasteiger partial charge on any atom is -0.491 e. The zero-order valence-electron chi connectivity index (χ0n) is 13.6. The Hall–Kier alpha value is -1.90. The maximum atomic E-state index is 14.0. The van der Waals surface area contributed by atoms with Gasteiger partial charge in [0.2, 0.25) is 10.0 Å². The van der Waals surface area contributed by atoms with Crippen molar-refractivity contribution in [1.82, 2.24) is 4.31 Å². The van der Waals surface area contributed by atoms with Crippen LogP contribution in [0.4, 0.5) is 4.39 Å². The Balaban J connectivity index is 2.30. The fourth-order valence-electron chi connectivity index (χ4n) is 2.13. The number of furan rings is 1. The lowest BCUT2D eigenvalue weighted by Gasteiger charge is -2.21. The van der Waals surface area contributed by atoms with Gasteiger partial charge in [-0.25, -0.2) is 12.8 Å². The van der Waals surface area contributed by atoms with Crippen molar-refractivity contribution in [2.75, 3.05) is 26.9 Å². The number of rotatable bonds is 9. The summed E-state index contributed by atoms with van der Waals surface area (Å²) in [6, 6.07) is 5.29. The van der Waals surface area contributed by atoms with Gasteiger partial charge in [-0.3, -0.25) is 0 Å². The average Bonchev–Trinajstić information content (AvgIpc) is 3.06. The van der Waals surface area contributed by atoms with Gasteiger partial charge >= 0.3 is 0 Å². The van der Waals surface area contributed by atoms with Crippen LogP contribution in [0.3, 0.4) is 0 Å². The number of halogens is 1. The molecule has 0 aliphatic heterocycles. The highest BCUT2D eigenvalue weighted by Gasteiger charge is 2.26. The Bertz CT molecular complexity index is 746. The molecule has 0 radical (unpaired) electrons. The normalized spacial score (nSPS) is 11.8. The molecule has 0 N–H and O–H groups in total. The fraction of sp³-hybridized carbons (Fsp3) is 0.375. The maximum absolute atomic E-state index is 14.0. The first-order chi connectivity index (χ1) is 11.5. The lowest BCUT2D eigenvalue weighted by molar-refractivity contribution is 0.177. The standard InChI is InChI=1S/C16H20FNO5S/c1-3-23-16-5-4-14(10-15(16)17)24(19,20)18(7-9-21-2)11-13-6-8-22-12-13/h4-6,8,10,12H,3,7,9,11H2,1-2H3. The summed E-state index contributed by atoms with van der Waals surface area (Å²) in [5.41, 5.74) is 0.695. The van der Waals surface area contributed by atoms with Gasteiger partial charge in [0.15, 0.2) is 11.6 Å². The molecule has 1 aromatic heterocycles. The van der Waals surface area contributed by atoms with Gasteiger partial charge in [0.1, 0.15) is 0 Å². The molecule has 24 heavy (non-hydrogen) atoms. The summed E-state index contributed by atoms with van der Waals surface area (Å²) in [6.45, 7) is 2.48. The third kappa shape index (κ3) is 4.34. The van der Waals surface area contributed by atoms with Crippen LogP contribution in [0.15, 0.2) is 46.1 Å². The van der Waals surface area contributed by atoms with E-state index in [-0.39, 0.29) is 30.3 Å². The van der Waals surface area contributed by atoms with E-state index in [2.05, 4.69) is 0 Å². The topological polar surface area (TPSA) is 69.0 Å². The highest BCUT2D eigenvalue weighted by atomic mass is 32.2. The summed E-state index contributed by atoms with van der Waals surface area (Å²) in [5, 5.41) is 0. The van der Waals surface area contributed by atoms with Crippen LogP contribution in [-0.4, -0.2) is 39.6 Å². The van der Waals surface area contributed by atoms with E-state index in [9.17, 15) is 12.8 Å². The Morgan fingerprint density at radius 1 is 1.29 bits per heavy atom. The van der Waals surface area contributed by atoms with Gasteiger partial charge in [-0.1, -0.05) is 0 Å². The van der Waals surface area contributed by atoms with Gasteiger partial charge in [0.25, 0.3) is 0 Å². The van der Waals surface area contributed by atoms with Crippen molar-refractivity contribution >= 4 is 10.0 Å². The average molecular weight is 357 g/mol. The minimum absolute atomic E-state index is 0.0229. The molecule has 0 bridgehead atoms. The molecule has 2 rings (SSSR count).